The zero-order valence-electron chi connectivity index (χ0n) is 10.6. The van der Waals surface area contributed by atoms with Crippen LogP contribution in [0, 0.1) is 11.6 Å². The van der Waals surface area contributed by atoms with Gasteiger partial charge in [0.1, 0.15) is 17.3 Å². The van der Waals surface area contributed by atoms with Crippen molar-refractivity contribution < 1.29 is 13.3 Å². The third-order valence-corrected chi connectivity index (χ3v) is 3.29. The molecule has 1 heterocycles. The Balaban J connectivity index is 2.19. The lowest BCUT2D eigenvalue weighted by Gasteiger charge is -2.04. The van der Waals surface area contributed by atoms with Gasteiger partial charge in [-0.05, 0) is 29.8 Å². The maximum absolute atomic E-state index is 13.9. The largest absolute Gasteiger partial charge is 0.367 e. The van der Waals surface area contributed by atoms with E-state index in [0.717, 1.165) is 12.1 Å². The second-order valence-corrected chi connectivity index (χ2v) is 4.84. The van der Waals surface area contributed by atoms with E-state index in [0.29, 0.717) is 16.1 Å². The van der Waals surface area contributed by atoms with Crippen LogP contribution in [-0.2, 0) is 0 Å². The van der Waals surface area contributed by atoms with Crippen LogP contribution in [0.1, 0.15) is 0 Å². The van der Waals surface area contributed by atoms with E-state index in [1.54, 1.807) is 24.3 Å². The summed E-state index contributed by atoms with van der Waals surface area (Å²) in [5, 5.41) is 4.34. The quantitative estimate of drug-likeness (QED) is 0.757. The van der Waals surface area contributed by atoms with Crippen LogP contribution in [0.15, 0.2) is 47.0 Å². The molecular formula is C15H9ClF2N2O. The molecule has 0 saturated heterocycles. The summed E-state index contributed by atoms with van der Waals surface area (Å²) in [6.45, 7) is 0. The molecule has 2 aromatic carbocycles. The van der Waals surface area contributed by atoms with Crippen LogP contribution >= 0.6 is 11.6 Å². The molecule has 106 valence electrons. The first-order valence-electron chi connectivity index (χ1n) is 6.03. The highest BCUT2D eigenvalue weighted by molar-refractivity contribution is 6.30. The first-order chi connectivity index (χ1) is 10.1. The van der Waals surface area contributed by atoms with Gasteiger partial charge in [0.25, 0.3) is 0 Å². The molecule has 3 rings (SSSR count). The summed E-state index contributed by atoms with van der Waals surface area (Å²) in [7, 11) is 0. The lowest BCUT2D eigenvalue weighted by molar-refractivity contribution is 0.439. The Morgan fingerprint density at radius 2 is 1.76 bits per heavy atom. The minimum absolute atomic E-state index is 0.0519. The predicted octanol–water partition coefficient (Wildman–Crippen LogP) is 4.52. The molecule has 6 heteroatoms. The monoisotopic (exact) mass is 306 g/mol. The van der Waals surface area contributed by atoms with Crippen LogP contribution in [-0.4, -0.2) is 5.16 Å². The minimum atomic E-state index is -0.737. The van der Waals surface area contributed by atoms with Crippen LogP contribution < -0.4 is 5.73 Å². The molecule has 0 aliphatic heterocycles. The van der Waals surface area contributed by atoms with Gasteiger partial charge in [0.05, 0.1) is 5.56 Å². The highest BCUT2D eigenvalue weighted by atomic mass is 35.5. The molecule has 0 saturated carbocycles. The van der Waals surface area contributed by atoms with Crippen molar-refractivity contribution in [2.45, 2.75) is 0 Å². The highest BCUT2D eigenvalue weighted by Crippen LogP contribution is 2.37. The van der Waals surface area contributed by atoms with Crippen LogP contribution in [0.5, 0.6) is 0 Å². The van der Waals surface area contributed by atoms with E-state index in [4.69, 9.17) is 21.9 Å². The predicted molar refractivity (Wildman–Crippen MR) is 76.7 cm³/mol. The molecule has 2 N–H and O–H groups in total. The lowest BCUT2D eigenvalue weighted by atomic mass is 10.0. The molecule has 21 heavy (non-hydrogen) atoms. The smallest absolute Gasteiger partial charge is 0.230 e. The number of hydrogen-bond donors (Lipinski definition) is 1. The molecule has 0 spiro atoms. The molecule has 1 aromatic heterocycles. The number of aromatic nitrogens is 1. The van der Waals surface area contributed by atoms with Crippen molar-refractivity contribution in [1.82, 2.24) is 5.16 Å². The summed E-state index contributed by atoms with van der Waals surface area (Å²) in [5.74, 6) is -1.35. The summed E-state index contributed by atoms with van der Waals surface area (Å²) < 4.78 is 31.9. The second kappa shape index (κ2) is 5.18. The van der Waals surface area contributed by atoms with Gasteiger partial charge in [0.15, 0.2) is 0 Å². The molecule has 3 aromatic rings. The normalized spacial score (nSPS) is 10.8. The van der Waals surface area contributed by atoms with Gasteiger partial charge < -0.3 is 10.3 Å². The van der Waals surface area contributed by atoms with E-state index < -0.39 is 11.6 Å². The molecule has 0 atom stereocenters. The van der Waals surface area contributed by atoms with Gasteiger partial charge >= 0.3 is 0 Å². The third-order valence-electron chi connectivity index (χ3n) is 3.04. The van der Waals surface area contributed by atoms with Crippen LogP contribution in [0.4, 0.5) is 14.7 Å². The topological polar surface area (TPSA) is 52.0 Å². The average molecular weight is 307 g/mol. The van der Waals surface area contributed by atoms with Gasteiger partial charge in [-0.2, -0.15) is 0 Å². The van der Waals surface area contributed by atoms with Gasteiger partial charge in [-0.1, -0.05) is 28.9 Å². The van der Waals surface area contributed by atoms with Crippen LogP contribution in [0.3, 0.4) is 0 Å². The Morgan fingerprint density at radius 1 is 1.05 bits per heavy atom. The second-order valence-electron chi connectivity index (χ2n) is 4.40. The fraction of sp³-hybridized carbons (Fsp3) is 0. The van der Waals surface area contributed by atoms with Crippen molar-refractivity contribution in [3.8, 4) is 22.4 Å². The standard InChI is InChI=1S/C15H9ClF2N2O/c16-9-3-1-8(2-4-9)13-14(20-21-15(13)19)11-6-5-10(17)7-12(11)18/h1-7H,19H2. The summed E-state index contributed by atoms with van der Waals surface area (Å²) in [6.07, 6.45) is 0. The van der Waals surface area contributed by atoms with E-state index in [9.17, 15) is 8.78 Å². The van der Waals surface area contributed by atoms with E-state index >= 15 is 0 Å². The van der Waals surface area contributed by atoms with Crippen molar-refractivity contribution in [2.75, 3.05) is 5.73 Å². The van der Waals surface area contributed by atoms with E-state index in [1.807, 2.05) is 0 Å². The third kappa shape index (κ3) is 2.48. The number of nitrogens with zero attached hydrogens (tertiary/aromatic N) is 1. The van der Waals surface area contributed by atoms with Gasteiger partial charge in [-0.3, -0.25) is 0 Å². The molecule has 3 nitrogen and oxygen atoms in total. The SMILES string of the molecule is Nc1onc(-c2ccc(F)cc2F)c1-c1ccc(Cl)cc1. The number of rotatable bonds is 2. The number of halogens is 3. The Morgan fingerprint density at radius 3 is 2.43 bits per heavy atom. The fourth-order valence-electron chi connectivity index (χ4n) is 2.06. The van der Waals surface area contributed by atoms with Gasteiger partial charge in [0, 0.05) is 16.7 Å². The number of anilines is 1. The van der Waals surface area contributed by atoms with E-state index in [1.165, 1.54) is 6.07 Å². The molecule has 0 unspecified atom stereocenters. The van der Waals surface area contributed by atoms with Gasteiger partial charge in [-0.15, -0.1) is 0 Å². The number of hydrogen-bond acceptors (Lipinski definition) is 3. The van der Waals surface area contributed by atoms with E-state index in [2.05, 4.69) is 5.16 Å². The summed E-state index contributed by atoms with van der Waals surface area (Å²) in [5.41, 5.74) is 7.22. The first kappa shape index (κ1) is 13.6. The first-order valence-corrected chi connectivity index (χ1v) is 6.40. The van der Waals surface area contributed by atoms with Gasteiger partial charge in [-0.25, -0.2) is 8.78 Å². The van der Waals surface area contributed by atoms with Gasteiger partial charge in [0.2, 0.25) is 5.88 Å². The minimum Gasteiger partial charge on any atom is -0.367 e. The molecule has 0 radical (unpaired) electrons. The number of nitrogen functional groups attached to an aromatic ring is 1. The van der Waals surface area contributed by atoms with E-state index in [-0.39, 0.29) is 17.1 Å². The summed E-state index contributed by atoms with van der Waals surface area (Å²) in [6, 6.07) is 10.0. The highest BCUT2D eigenvalue weighted by Gasteiger charge is 2.20. The Hall–Kier alpha value is -2.40. The maximum atomic E-state index is 13.9. The Kier molecular flexibility index (Phi) is 3.35. The fourth-order valence-corrected chi connectivity index (χ4v) is 2.19. The van der Waals surface area contributed by atoms with Crippen LogP contribution in [0.25, 0.3) is 22.4 Å². The Labute approximate surface area is 123 Å². The molecule has 0 bridgehead atoms. The molecular weight excluding hydrogens is 298 g/mol. The van der Waals surface area contributed by atoms with Crippen molar-refractivity contribution in [3.05, 3.63) is 59.1 Å². The zero-order chi connectivity index (χ0) is 15.0. The number of nitrogens with two attached hydrogens (primary N) is 1. The lowest BCUT2D eigenvalue weighted by Crippen LogP contribution is -1.91. The number of benzene rings is 2. The Bertz CT molecular complexity index is 800. The molecule has 0 fully saturated rings. The molecule has 0 amide bonds. The van der Waals surface area contributed by atoms with Crippen molar-refractivity contribution in [2.24, 2.45) is 0 Å². The summed E-state index contributed by atoms with van der Waals surface area (Å²) in [4.78, 5) is 0. The molecule has 0 aliphatic carbocycles. The maximum Gasteiger partial charge on any atom is 0.230 e. The average Bonchev–Trinajstić information content (AvgIpc) is 2.82. The van der Waals surface area contributed by atoms with Crippen molar-refractivity contribution in [3.63, 3.8) is 0 Å². The zero-order valence-corrected chi connectivity index (χ0v) is 11.4. The molecule has 0 aliphatic rings. The van der Waals surface area contributed by atoms with Crippen molar-refractivity contribution >= 4 is 17.5 Å². The van der Waals surface area contributed by atoms with Crippen LogP contribution in [0.2, 0.25) is 5.02 Å². The van der Waals surface area contributed by atoms with Crippen molar-refractivity contribution in [1.29, 1.82) is 0 Å². The summed E-state index contributed by atoms with van der Waals surface area (Å²) >= 11 is 5.84.